The lowest BCUT2D eigenvalue weighted by Gasteiger charge is -2.56. The first-order valence-corrected chi connectivity index (χ1v) is 9.16. The molecule has 0 unspecified atom stereocenters. The van der Waals surface area contributed by atoms with Gasteiger partial charge in [0.1, 0.15) is 0 Å². The van der Waals surface area contributed by atoms with Gasteiger partial charge in [-0.25, -0.2) is 0 Å². The molecule has 0 aromatic rings. The van der Waals surface area contributed by atoms with Crippen molar-refractivity contribution in [3.63, 3.8) is 0 Å². The molecule has 7 atom stereocenters. The SMILES string of the molecule is C=N[C@@]1(C)CC[C@H]2[C@@H]3[C@@H]1CC[C@@H](C)[C@]3(C=CC(=C)C)C[C@@H]2C. The molecule has 0 bridgehead atoms. The minimum absolute atomic E-state index is 0.105. The summed E-state index contributed by atoms with van der Waals surface area (Å²) in [6.07, 6.45) is 11.5. The summed E-state index contributed by atoms with van der Waals surface area (Å²) in [6, 6.07) is 0. The van der Waals surface area contributed by atoms with Crippen LogP contribution in [0.5, 0.6) is 0 Å². The Morgan fingerprint density at radius 3 is 2.59 bits per heavy atom. The highest BCUT2D eigenvalue weighted by Crippen LogP contribution is 2.67. The first-order chi connectivity index (χ1) is 10.3. The van der Waals surface area contributed by atoms with Crippen molar-refractivity contribution in [1.82, 2.24) is 0 Å². The zero-order chi connectivity index (χ0) is 16.1. The number of allylic oxidation sites excluding steroid dienone is 3. The highest BCUT2D eigenvalue weighted by Gasteiger charge is 2.62. The second kappa shape index (κ2) is 5.35. The summed E-state index contributed by atoms with van der Waals surface area (Å²) in [5, 5.41) is 0. The van der Waals surface area contributed by atoms with E-state index < -0.39 is 0 Å². The largest absolute Gasteiger partial charge is 0.294 e. The minimum Gasteiger partial charge on any atom is -0.294 e. The molecule has 1 heteroatoms. The highest BCUT2D eigenvalue weighted by atomic mass is 14.9. The van der Waals surface area contributed by atoms with E-state index in [1.807, 2.05) is 0 Å². The van der Waals surface area contributed by atoms with E-state index in [-0.39, 0.29) is 5.54 Å². The third-order valence-corrected chi connectivity index (χ3v) is 7.57. The quantitative estimate of drug-likeness (QED) is 0.470. The van der Waals surface area contributed by atoms with Crippen molar-refractivity contribution in [3.05, 3.63) is 24.3 Å². The summed E-state index contributed by atoms with van der Waals surface area (Å²) >= 11 is 0. The lowest BCUT2D eigenvalue weighted by molar-refractivity contribution is -0.0303. The standard InChI is InChI=1S/C21H33N/c1-14(2)9-12-21-13-15(3)17-10-11-20(5,22-6)18(19(17)21)8-7-16(21)4/h9,12,15-19H,1,6-8,10-11,13H2,2-5H3/t15-,16+,17+,18-,19+,20-,21-/m0/s1. The van der Waals surface area contributed by atoms with Crippen LogP contribution >= 0.6 is 0 Å². The third-order valence-electron chi connectivity index (χ3n) is 7.57. The van der Waals surface area contributed by atoms with Crippen LogP contribution in [0.4, 0.5) is 0 Å². The Hall–Kier alpha value is -0.850. The van der Waals surface area contributed by atoms with Crippen molar-refractivity contribution in [3.8, 4) is 0 Å². The van der Waals surface area contributed by atoms with Gasteiger partial charge in [-0.05, 0) is 87.7 Å². The molecule has 3 fully saturated rings. The average molecular weight is 300 g/mol. The maximum atomic E-state index is 4.65. The van der Waals surface area contributed by atoms with Crippen molar-refractivity contribution in [2.75, 3.05) is 0 Å². The van der Waals surface area contributed by atoms with Gasteiger partial charge >= 0.3 is 0 Å². The van der Waals surface area contributed by atoms with Gasteiger partial charge in [-0.3, -0.25) is 4.99 Å². The summed E-state index contributed by atoms with van der Waals surface area (Å²) in [4.78, 5) is 4.65. The molecule has 0 aromatic heterocycles. The first-order valence-electron chi connectivity index (χ1n) is 9.16. The zero-order valence-electron chi connectivity index (χ0n) is 14.9. The fraction of sp³-hybridized carbons (Fsp3) is 0.762. The Kier molecular flexibility index (Phi) is 3.90. The molecule has 0 spiro atoms. The molecule has 0 heterocycles. The van der Waals surface area contributed by atoms with Crippen LogP contribution in [0.3, 0.4) is 0 Å². The molecular formula is C21H33N. The second-order valence-electron chi connectivity index (χ2n) is 8.80. The van der Waals surface area contributed by atoms with Gasteiger partial charge in [0.2, 0.25) is 0 Å². The maximum absolute atomic E-state index is 4.65. The normalized spacial score (nSPS) is 50.8. The lowest BCUT2D eigenvalue weighted by atomic mass is 9.50. The molecule has 3 aliphatic carbocycles. The summed E-state index contributed by atoms with van der Waals surface area (Å²) < 4.78 is 0. The van der Waals surface area contributed by atoms with Gasteiger partial charge < -0.3 is 0 Å². The minimum atomic E-state index is 0.105. The predicted molar refractivity (Wildman–Crippen MR) is 96.2 cm³/mol. The van der Waals surface area contributed by atoms with E-state index in [1.165, 1.54) is 37.7 Å². The molecule has 0 N–H and O–H groups in total. The molecule has 3 rings (SSSR count). The number of hydrogen-bond acceptors (Lipinski definition) is 1. The fourth-order valence-corrected chi connectivity index (χ4v) is 6.32. The van der Waals surface area contributed by atoms with Gasteiger partial charge in [-0.1, -0.05) is 38.2 Å². The van der Waals surface area contributed by atoms with Gasteiger partial charge in [0.05, 0.1) is 5.54 Å². The van der Waals surface area contributed by atoms with Crippen LogP contribution in [0.1, 0.15) is 59.8 Å². The number of rotatable bonds is 3. The van der Waals surface area contributed by atoms with E-state index >= 15 is 0 Å². The molecule has 3 aliphatic rings. The summed E-state index contributed by atoms with van der Waals surface area (Å²) in [5.41, 5.74) is 1.66. The summed E-state index contributed by atoms with van der Waals surface area (Å²) in [5.74, 6) is 4.03. The van der Waals surface area contributed by atoms with Crippen LogP contribution in [0, 0.1) is 35.0 Å². The monoisotopic (exact) mass is 299 g/mol. The Balaban J connectivity index is 2.07. The van der Waals surface area contributed by atoms with Crippen molar-refractivity contribution in [2.24, 2.45) is 40.0 Å². The average Bonchev–Trinajstić information content (AvgIpc) is 2.78. The fourth-order valence-electron chi connectivity index (χ4n) is 6.32. The topological polar surface area (TPSA) is 12.4 Å². The Morgan fingerprint density at radius 1 is 1.23 bits per heavy atom. The molecule has 122 valence electrons. The Morgan fingerprint density at radius 2 is 1.95 bits per heavy atom. The highest BCUT2D eigenvalue weighted by molar-refractivity contribution is 5.29. The number of nitrogens with zero attached hydrogens (tertiary/aromatic N) is 1. The molecule has 22 heavy (non-hydrogen) atoms. The van der Waals surface area contributed by atoms with E-state index in [9.17, 15) is 0 Å². The van der Waals surface area contributed by atoms with E-state index in [0.717, 1.165) is 29.6 Å². The Bertz CT molecular complexity index is 504. The third kappa shape index (κ3) is 2.15. The summed E-state index contributed by atoms with van der Waals surface area (Å²) in [7, 11) is 0. The van der Waals surface area contributed by atoms with Gasteiger partial charge in [0.15, 0.2) is 0 Å². The first kappa shape index (κ1) is 16.0. The van der Waals surface area contributed by atoms with E-state index in [4.69, 9.17) is 0 Å². The number of aliphatic imine (C=N–C) groups is 1. The van der Waals surface area contributed by atoms with Crippen LogP contribution in [-0.4, -0.2) is 12.3 Å². The molecule has 1 nitrogen and oxygen atoms in total. The van der Waals surface area contributed by atoms with Crippen molar-refractivity contribution < 1.29 is 0 Å². The van der Waals surface area contributed by atoms with Crippen LogP contribution in [0.2, 0.25) is 0 Å². The molecule has 0 aliphatic heterocycles. The molecular weight excluding hydrogens is 266 g/mol. The van der Waals surface area contributed by atoms with Crippen LogP contribution in [-0.2, 0) is 0 Å². The van der Waals surface area contributed by atoms with Gasteiger partial charge in [0, 0.05) is 0 Å². The summed E-state index contributed by atoms with van der Waals surface area (Å²) in [6.45, 7) is 17.5. The van der Waals surface area contributed by atoms with E-state index in [0.29, 0.717) is 5.41 Å². The smallest absolute Gasteiger partial charge is 0.0604 e. The van der Waals surface area contributed by atoms with Crippen LogP contribution < -0.4 is 0 Å². The van der Waals surface area contributed by atoms with Crippen LogP contribution in [0.15, 0.2) is 29.3 Å². The van der Waals surface area contributed by atoms with E-state index in [1.54, 1.807) is 0 Å². The number of hydrogen-bond donors (Lipinski definition) is 0. The molecule has 0 amide bonds. The van der Waals surface area contributed by atoms with Gasteiger partial charge in [-0.2, -0.15) is 0 Å². The predicted octanol–water partition coefficient (Wildman–Crippen LogP) is 5.68. The van der Waals surface area contributed by atoms with Crippen molar-refractivity contribution >= 4 is 6.72 Å². The molecule has 0 saturated heterocycles. The Labute approximate surface area is 137 Å². The van der Waals surface area contributed by atoms with Gasteiger partial charge in [0.25, 0.3) is 0 Å². The van der Waals surface area contributed by atoms with E-state index in [2.05, 4.69) is 58.1 Å². The van der Waals surface area contributed by atoms with Crippen molar-refractivity contribution in [2.45, 2.75) is 65.3 Å². The molecule has 0 radical (unpaired) electrons. The van der Waals surface area contributed by atoms with Gasteiger partial charge in [-0.15, -0.1) is 0 Å². The lowest BCUT2D eigenvalue weighted by Crippen LogP contribution is -2.53. The second-order valence-corrected chi connectivity index (χ2v) is 8.80. The van der Waals surface area contributed by atoms with Crippen LogP contribution in [0.25, 0.3) is 0 Å². The zero-order valence-corrected chi connectivity index (χ0v) is 14.9. The van der Waals surface area contributed by atoms with Crippen molar-refractivity contribution in [1.29, 1.82) is 0 Å². The molecule has 0 aromatic carbocycles. The molecule has 3 saturated carbocycles. The maximum Gasteiger partial charge on any atom is 0.0604 e.